The average molecular weight is 387 g/mol. The Morgan fingerprint density at radius 2 is 1.60 bits per heavy atom. The first-order valence-electron chi connectivity index (χ1n) is 7.59. The van der Waals surface area contributed by atoms with Gasteiger partial charge < -0.3 is 10.0 Å². The predicted molar refractivity (Wildman–Crippen MR) is 84.3 cm³/mol. The van der Waals surface area contributed by atoms with Crippen LogP contribution in [0.5, 0.6) is 0 Å². The van der Waals surface area contributed by atoms with Crippen LogP contribution in [0.2, 0.25) is 0 Å². The summed E-state index contributed by atoms with van der Waals surface area (Å²) in [6.07, 6.45) is -9.74. The molecule has 0 saturated carbocycles. The fraction of sp³-hybridized carbons (Fsp3) is 0.625. The minimum Gasteiger partial charge on any atom is -0.385 e. The summed E-state index contributed by atoms with van der Waals surface area (Å²) in [4.78, 5) is 1.76. The summed E-state index contributed by atoms with van der Waals surface area (Å²) in [5.41, 5.74) is -4.83. The van der Waals surface area contributed by atoms with Gasteiger partial charge in [0.25, 0.3) is 0 Å². The monoisotopic (exact) mass is 387 g/mol. The molecule has 1 heterocycles. The molecule has 1 aromatic rings. The molecule has 1 aliphatic heterocycles. The average Bonchev–Trinajstić information content (AvgIpc) is 2.47. The zero-order valence-corrected chi connectivity index (χ0v) is 14.5. The molecule has 1 saturated heterocycles. The van der Waals surface area contributed by atoms with Crippen molar-refractivity contribution in [1.29, 1.82) is 0 Å². The molecule has 1 aromatic carbocycles. The fourth-order valence-electron chi connectivity index (χ4n) is 3.02. The second-order valence-electron chi connectivity index (χ2n) is 6.50. The third-order valence-electron chi connectivity index (χ3n) is 4.30. The van der Waals surface area contributed by atoms with E-state index in [1.165, 1.54) is 11.8 Å². The van der Waals surface area contributed by atoms with Crippen LogP contribution in [0.1, 0.15) is 23.1 Å². The van der Waals surface area contributed by atoms with E-state index in [9.17, 15) is 31.4 Å². The molecule has 1 aliphatic rings. The first-order valence-corrected chi connectivity index (χ1v) is 8.74. The number of hydrogen-bond acceptors (Lipinski definition) is 3. The van der Waals surface area contributed by atoms with Gasteiger partial charge in [-0.25, -0.2) is 0 Å². The quantitative estimate of drug-likeness (QED) is 0.786. The van der Waals surface area contributed by atoms with E-state index < -0.39 is 35.0 Å². The van der Waals surface area contributed by atoms with Crippen molar-refractivity contribution >= 4 is 11.8 Å². The van der Waals surface area contributed by atoms with Crippen LogP contribution in [0.4, 0.5) is 26.3 Å². The van der Waals surface area contributed by atoms with Gasteiger partial charge in [-0.05, 0) is 50.0 Å². The number of aliphatic hydroxyl groups is 1. The van der Waals surface area contributed by atoms with Gasteiger partial charge >= 0.3 is 12.4 Å². The van der Waals surface area contributed by atoms with Crippen LogP contribution >= 0.6 is 11.8 Å². The Balaban J connectivity index is 2.58. The van der Waals surface area contributed by atoms with E-state index in [1.54, 1.807) is 19.0 Å². The topological polar surface area (TPSA) is 23.5 Å². The molecule has 2 atom stereocenters. The van der Waals surface area contributed by atoms with Crippen molar-refractivity contribution in [1.82, 2.24) is 4.90 Å². The van der Waals surface area contributed by atoms with E-state index in [-0.39, 0.29) is 18.1 Å². The Hall–Kier alpha value is -0.930. The van der Waals surface area contributed by atoms with Gasteiger partial charge in [0, 0.05) is 18.2 Å². The number of thioether (sulfide) groups is 1. The van der Waals surface area contributed by atoms with Gasteiger partial charge in [-0.3, -0.25) is 0 Å². The fourth-order valence-corrected chi connectivity index (χ4v) is 4.31. The number of hydrogen-bond donors (Lipinski definition) is 1. The second kappa shape index (κ2) is 7.00. The zero-order chi connectivity index (χ0) is 19.0. The first kappa shape index (κ1) is 20.4. The summed E-state index contributed by atoms with van der Waals surface area (Å²) in [5.74, 6) is 0.468. The number of halogens is 6. The van der Waals surface area contributed by atoms with E-state index in [0.29, 0.717) is 30.2 Å². The molecule has 0 spiro atoms. The highest BCUT2D eigenvalue weighted by molar-refractivity contribution is 7.99. The molecule has 142 valence electrons. The maximum absolute atomic E-state index is 13.1. The van der Waals surface area contributed by atoms with Crippen molar-refractivity contribution in [2.45, 2.75) is 24.4 Å². The standard InChI is InChI=1S/C16H19F6NOS/c1-23(2)8-13-9-25-4-3-14(13,24)10-5-11(15(17,18)19)7-12(6-10)16(20,21)22/h5-7,13,24H,3-4,8-9H2,1-2H3/t13-,14+/m0/s1. The highest BCUT2D eigenvalue weighted by Crippen LogP contribution is 2.44. The minimum absolute atomic E-state index is 0.0887. The van der Waals surface area contributed by atoms with Gasteiger partial charge in [0.15, 0.2) is 0 Å². The molecule has 0 bridgehead atoms. The normalized spacial score (nSPS) is 25.4. The third-order valence-corrected chi connectivity index (χ3v) is 5.43. The number of nitrogens with zero attached hydrogens (tertiary/aromatic N) is 1. The van der Waals surface area contributed by atoms with Crippen LogP contribution in [-0.2, 0) is 18.0 Å². The largest absolute Gasteiger partial charge is 0.416 e. The molecule has 0 aromatic heterocycles. The molecule has 1 N–H and O–H groups in total. The maximum atomic E-state index is 13.1. The number of alkyl halides is 6. The number of benzene rings is 1. The lowest BCUT2D eigenvalue weighted by Gasteiger charge is -2.41. The summed E-state index contributed by atoms with van der Waals surface area (Å²) in [5, 5.41) is 11.1. The Morgan fingerprint density at radius 3 is 2.04 bits per heavy atom. The lowest BCUT2D eigenvalue weighted by Crippen LogP contribution is -2.45. The highest BCUT2D eigenvalue weighted by Gasteiger charge is 2.44. The molecule has 1 fully saturated rings. The maximum Gasteiger partial charge on any atom is 0.416 e. The van der Waals surface area contributed by atoms with Crippen LogP contribution in [0, 0.1) is 5.92 Å². The van der Waals surface area contributed by atoms with Crippen LogP contribution < -0.4 is 0 Å². The molecule has 9 heteroatoms. The Bertz CT molecular complexity index is 583. The molecule has 0 amide bonds. The Labute approximate surface area is 146 Å². The highest BCUT2D eigenvalue weighted by atomic mass is 32.2. The molecular weight excluding hydrogens is 368 g/mol. The first-order chi connectivity index (χ1) is 11.3. The van der Waals surface area contributed by atoms with Gasteiger partial charge in [0.1, 0.15) is 0 Å². The lowest BCUT2D eigenvalue weighted by atomic mass is 9.78. The van der Waals surface area contributed by atoms with Crippen molar-refractivity contribution in [3.8, 4) is 0 Å². The van der Waals surface area contributed by atoms with E-state index in [1.807, 2.05) is 0 Å². The van der Waals surface area contributed by atoms with Crippen molar-refractivity contribution < 1.29 is 31.4 Å². The molecule has 0 unspecified atom stereocenters. The van der Waals surface area contributed by atoms with Gasteiger partial charge in [-0.1, -0.05) is 0 Å². The van der Waals surface area contributed by atoms with Gasteiger partial charge in [-0.15, -0.1) is 0 Å². The summed E-state index contributed by atoms with van der Waals surface area (Å²) in [6, 6.07) is 1.38. The van der Waals surface area contributed by atoms with Crippen molar-refractivity contribution in [3.63, 3.8) is 0 Å². The second-order valence-corrected chi connectivity index (χ2v) is 7.65. The van der Waals surface area contributed by atoms with E-state index in [2.05, 4.69) is 0 Å². The van der Waals surface area contributed by atoms with Gasteiger partial charge in [0.2, 0.25) is 0 Å². The minimum atomic E-state index is -4.92. The smallest absolute Gasteiger partial charge is 0.385 e. The van der Waals surface area contributed by atoms with Crippen molar-refractivity contribution in [2.75, 3.05) is 32.1 Å². The van der Waals surface area contributed by atoms with Gasteiger partial charge in [-0.2, -0.15) is 38.1 Å². The summed E-state index contributed by atoms with van der Waals surface area (Å²) < 4.78 is 78.4. The third kappa shape index (κ3) is 4.62. The van der Waals surface area contributed by atoms with Crippen molar-refractivity contribution in [2.24, 2.45) is 5.92 Å². The summed E-state index contributed by atoms with van der Waals surface area (Å²) in [6.45, 7) is 0.362. The lowest BCUT2D eigenvalue weighted by molar-refractivity contribution is -0.143. The SMILES string of the molecule is CN(C)C[C@H]1CSCC[C@@]1(O)c1cc(C(F)(F)F)cc(C(F)(F)F)c1. The van der Waals surface area contributed by atoms with E-state index in [4.69, 9.17) is 0 Å². The van der Waals surface area contributed by atoms with Crippen molar-refractivity contribution in [3.05, 3.63) is 34.9 Å². The van der Waals surface area contributed by atoms with E-state index in [0.717, 1.165) is 0 Å². The Kier molecular flexibility index (Phi) is 5.71. The predicted octanol–water partition coefficient (Wildman–Crippen LogP) is 4.23. The molecule has 2 rings (SSSR count). The van der Waals surface area contributed by atoms with Crippen LogP contribution in [0.3, 0.4) is 0 Å². The molecule has 2 nitrogen and oxygen atoms in total. The van der Waals surface area contributed by atoms with Gasteiger partial charge in [0.05, 0.1) is 16.7 Å². The molecule has 25 heavy (non-hydrogen) atoms. The molecule has 0 aliphatic carbocycles. The summed E-state index contributed by atoms with van der Waals surface area (Å²) >= 11 is 1.53. The zero-order valence-electron chi connectivity index (χ0n) is 13.7. The Morgan fingerprint density at radius 1 is 1.08 bits per heavy atom. The van der Waals surface area contributed by atoms with Crippen LogP contribution in [0.25, 0.3) is 0 Å². The van der Waals surface area contributed by atoms with E-state index >= 15 is 0 Å². The number of rotatable bonds is 3. The van der Waals surface area contributed by atoms with Crippen LogP contribution in [-0.4, -0.2) is 42.2 Å². The van der Waals surface area contributed by atoms with Crippen LogP contribution in [0.15, 0.2) is 18.2 Å². The molecular formula is C16H19F6NOS. The molecule has 0 radical (unpaired) electrons. The summed E-state index contributed by atoms with van der Waals surface area (Å²) in [7, 11) is 3.49.